The number of pyridine rings is 1. The Morgan fingerprint density at radius 2 is 2.00 bits per heavy atom. The van der Waals surface area contributed by atoms with Crippen molar-refractivity contribution in [3.8, 4) is 11.3 Å². The van der Waals surface area contributed by atoms with E-state index >= 15 is 0 Å². The summed E-state index contributed by atoms with van der Waals surface area (Å²) in [5.74, 6) is 1.49. The molecule has 0 saturated heterocycles. The van der Waals surface area contributed by atoms with Gasteiger partial charge in [-0.15, -0.1) is 0 Å². The van der Waals surface area contributed by atoms with Crippen molar-refractivity contribution in [2.45, 2.75) is 46.7 Å². The molecule has 144 valence electrons. The first kappa shape index (κ1) is 19.1. The zero-order valence-corrected chi connectivity index (χ0v) is 16.8. The lowest BCUT2D eigenvalue weighted by atomic mass is 10.1. The van der Waals surface area contributed by atoms with Crippen molar-refractivity contribution in [1.29, 1.82) is 0 Å². The molecule has 1 atom stereocenters. The average molecular weight is 369 g/mol. The van der Waals surface area contributed by atoms with E-state index < -0.39 is 0 Å². The lowest BCUT2D eigenvalue weighted by Crippen LogP contribution is -2.39. The van der Waals surface area contributed by atoms with Crippen LogP contribution in [0.15, 0.2) is 22.7 Å². The number of fused-ring (bicyclic) bond motifs is 1. The monoisotopic (exact) mass is 369 g/mol. The number of carbonyl (C=O) groups excluding carboxylic acids is 1. The summed E-state index contributed by atoms with van der Waals surface area (Å²) in [6.07, 6.45) is 1.72. The zero-order chi connectivity index (χ0) is 19.9. The maximum absolute atomic E-state index is 13.2. The van der Waals surface area contributed by atoms with Gasteiger partial charge in [-0.2, -0.15) is 5.10 Å². The minimum absolute atomic E-state index is 0.0674. The molecule has 0 aromatic carbocycles. The van der Waals surface area contributed by atoms with Crippen LogP contribution in [0.5, 0.6) is 0 Å². The molecule has 3 heterocycles. The lowest BCUT2D eigenvalue weighted by molar-refractivity contribution is 0.0750. The fraction of sp³-hybridized carbons (Fsp3) is 0.450. The topological polar surface area (TPSA) is 90.2 Å². The number of amides is 1. The third-order valence-corrected chi connectivity index (χ3v) is 4.93. The Morgan fingerprint density at radius 3 is 2.56 bits per heavy atom. The van der Waals surface area contributed by atoms with Gasteiger partial charge in [0.1, 0.15) is 11.5 Å². The molecule has 0 radical (unpaired) electrons. The van der Waals surface area contributed by atoms with Crippen LogP contribution in [0.25, 0.3) is 22.3 Å². The summed E-state index contributed by atoms with van der Waals surface area (Å²) in [5, 5.41) is 5.20. The summed E-state index contributed by atoms with van der Waals surface area (Å²) in [5.41, 5.74) is 8.61. The Bertz CT molecular complexity index is 986. The number of aromatic nitrogens is 3. The van der Waals surface area contributed by atoms with Gasteiger partial charge in [-0.05, 0) is 46.8 Å². The highest BCUT2D eigenvalue weighted by molar-refractivity contribution is 6.06. The number of carbonyl (C=O) groups is 1. The minimum Gasteiger partial charge on any atom is -0.466 e. The van der Waals surface area contributed by atoms with Crippen molar-refractivity contribution in [1.82, 2.24) is 19.7 Å². The molecule has 0 saturated carbocycles. The number of likely N-dealkylation sites (N-methyl/N-ethyl adjacent to an activating group) is 1. The fourth-order valence-electron chi connectivity index (χ4n) is 3.14. The SMILES string of the molecule is Cc1cc(-c2cc(C(=O)N(C)C(C)CN)c3cnn(C(C)C)c3n2)c(C)o1. The van der Waals surface area contributed by atoms with E-state index in [1.807, 2.05) is 51.4 Å². The van der Waals surface area contributed by atoms with Gasteiger partial charge in [0.05, 0.1) is 22.8 Å². The molecular formula is C20H27N5O2. The summed E-state index contributed by atoms with van der Waals surface area (Å²) < 4.78 is 7.51. The number of rotatable bonds is 5. The highest BCUT2D eigenvalue weighted by Gasteiger charge is 2.23. The van der Waals surface area contributed by atoms with Gasteiger partial charge in [0.2, 0.25) is 0 Å². The Hall–Kier alpha value is -2.67. The molecule has 3 rings (SSSR count). The predicted molar refractivity (Wildman–Crippen MR) is 106 cm³/mol. The maximum atomic E-state index is 13.2. The molecule has 0 fully saturated rings. The molecule has 7 heteroatoms. The van der Waals surface area contributed by atoms with E-state index in [4.69, 9.17) is 15.1 Å². The number of hydrogen-bond acceptors (Lipinski definition) is 5. The van der Waals surface area contributed by atoms with Crippen molar-refractivity contribution in [2.24, 2.45) is 5.73 Å². The summed E-state index contributed by atoms with van der Waals surface area (Å²) in [6.45, 7) is 10.2. The first-order chi connectivity index (χ1) is 12.7. The molecule has 2 N–H and O–H groups in total. The molecule has 1 unspecified atom stereocenters. The van der Waals surface area contributed by atoms with Crippen LogP contribution < -0.4 is 5.73 Å². The summed E-state index contributed by atoms with van der Waals surface area (Å²) in [6, 6.07) is 3.83. The van der Waals surface area contributed by atoms with E-state index in [0.29, 0.717) is 23.4 Å². The van der Waals surface area contributed by atoms with Crippen LogP contribution in [0.3, 0.4) is 0 Å². The molecule has 0 aliphatic heterocycles. The second kappa shape index (κ2) is 7.15. The van der Waals surface area contributed by atoms with Gasteiger partial charge in [-0.25, -0.2) is 9.67 Å². The number of hydrogen-bond donors (Lipinski definition) is 1. The van der Waals surface area contributed by atoms with Crippen LogP contribution in [0.1, 0.15) is 48.7 Å². The molecule has 1 amide bonds. The van der Waals surface area contributed by atoms with Crippen LogP contribution in [-0.4, -0.2) is 45.2 Å². The van der Waals surface area contributed by atoms with Crippen molar-refractivity contribution < 1.29 is 9.21 Å². The summed E-state index contributed by atoms with van der Waals surface area (Å²) >= 11 is 0. The average Bonchev–Trinajstić information content (AvgIpc) is 3.21. The summed E-state index contributed by atoms with van der Waals surface area (Å²) in [7, 11) is 1.77. The Kier molecular flexibility index (Phi) is 5.06. The number of nitrogens with two attached hydrogens (primary N) is 1. The van der Waals surface area contributed by atoms with Crippen molar-refractivity contribution in [2.75, 3.05) is 13.6 Å². The molecule has 3 aromatic rings. The van der Waals surface area contributed by atoms with E-state index in [1.54, 1.807) is 18.1 Å². The summed E-state index contributed by atoms with van der Waals surface area (Å²) in [4.78, 5) is 19.7. The highest BCUT2D eigenvalue weighted by Crippen LogP contribution is 2.30. The van der Waals surface area contributed by atoms with E-state index in [1.165, 1.54) is 0 Å². The van der Waals surface area contributed by atoms with Gasteiger partial charge in [-0.1, -0.05) is 0 Å². The van der Waals surface area contributed by atoms with E-state index in [2.05, 4.69) is 5.10 Å². The normalized spacial score (nSPS) is 12.7. The predicted octanol–water partition coefficient (Wildman–Crippen LogP) is 3.31. The van der Waals surface area contributed by atoms with Gasteiger partial charge >= 0.3 is 0 Å². The van der Waals surface area contributed by atoms with Gasteiger partial charge in [-0.3, -0.25) is 4.79 Å². The van der Waals surface area contributed by atoms with Crippen LogP contribution in [0.4, 0.5) is 0 Å². The van der Waals surface area contributed by atoms with Gasteiger partial charge in [0.25, 0.3) is 5.91 Å². The molecule has 0 bridgehead atoms. The molecule has 0 spiro atoms. The smallest absolute Gasteiger partial charge is 0.254 e. The Labute approximate surface area is 159 Å². The second-order valence-electron chi connectivity index (χ2n) is 7.30. The Balaban J connectivity index is 2.25. The van der Waals surface area contributed by atoms with Gasteiger partial charge in [0, 0.05) is 31.2 Å². The number of furan rings is 1. The third-order valence-electron chi connectivity index (χ3n) is 4.93. The first-order valence-electron chi connectivity index (χ1n) is 9.17. The molecule has 0 aliphatic carbocycles. The lowest BCUT2D eigenvalue weighted by Gasteiger charge is -2.24. The first-order valence-corrected chi connectivity index (χ1v) is 9.17. The number of nitrogens with zero attached hydrogens (tertiary/aromatic N) is 4. The Morgan fingerprint density at radius 1 is 1.30 bits per heavy atom. The van der Waals surface area contributed by atoms with E-state index in [0.717, 1.165) is 22.5 Å². The van der Waals surface area contributed by atoms with Crippen molar-refractivity contribution in [3.05, 3.63) is 35.4 Å². The quantitative estimate of drug-likeness (QED) is 0.745. The highest BCUT2D eigenvalue weighted by atomic mass is 16.3. The van der Waals surface area contributed by atoms with Gasteiger partial charge in [0.15, 0.2) is 5.65 Å². The van der Waals surface area contributed by atoms with Crippen molar-refractivity contribution in [3.63, 3.8) is 0 Å². The van der Waals surface area contributed by atoms with Gasteiger partial charge < -0.3 is 15.1 Å². The largest absolute Gasteiger partial charge is 0.466 e. The van der Waals surface area contributed by atoms with Crippen LogP contribution in [0.2, 0.25) is 0 Å². The molecule has 3 aromatic heterocycles. The number of aryl methyl sites for hydroxylation is 2. The van der Waals surface area contributed by atoms with Crippen LogP contribution >= 0.6 is 0 Å². The maximum Gasteiger partial charge on any atom is 0.254 e. The van der Waals surface area contributed by atoms with Crippen LogP contribution in [0, 0.1) is 13.8 Å². The molecule has 7 nitrogen and oxygen atoms in total. The second-order valence-corrected chi connectivity index (χ2v) is 7.30. The molecular weight excluding hydrogens is 342 g/mol. The van der Waals surface area contributed by atoms with E-state index in [9.17, 15) is 4.79 Å². The molecule has 0 aliphatic rings. The van der Waals surface area contributed by atoms with E-state index in [-0.39, 0.29) is 18.0 Å². The minimum atomic E-state index is -0.0947. The zero-order valence-electron chi connectivity index (χ0n) is 16.8. The third kappa shape index (κ3) is 3.35. The fourth-order valence-corrected chi connectivity index (χ4v) is 3.14. The van der Waals surface area contributed by atoms with Crippen LogP contribution in [-0.2, 0) is 0 Å². The standard InChI is InChI=1S/C20H27N5O2/c1-11(2)25-19-17(10-22-25)16(20(26)24(6)12(3)9-21)8-18(23-19)15-7-13(4)27-14(15)5/h7-8,10-12H,9,21H2,1-6H3. The van der Waals surface area contributed by atoms with Crippen molar-refractivity contribution >= 4 is 16.9 Å². The molecule has 27 heavy (non-hydrogen) atoms.